The van der Waals surface area contributed by atoms with Crippen LogP contribution in [0.25, 0.3) is 0 Å². The maximum absolute atomic E-state index is 12.1. The first kappa shape index (κ1) is 15.6. The summed E-state index contributed by atoms with van der Waals surface area (Å²) in [6, 6.07) is -0.903. The number of nitrogens with one attached hydrogen (secondary N) is 1. The molecule has 1 amide bonds. The van der Waals surface area contributed by atoms with E-state index < -0.39 is 17.9 Å². The molecule has 1 atom stereocenters. The van der Waals surface area contributed by atoms with Crippen molar-refractivity contribution in [2.45, 2.75) is 33.4 Å². The average Bonchev–Trinajstić information content (AvgIpc) is 2.66. The van der Waals surface area contributed by atoms with Crippen molar-refractivity contribution in [1.29, 1.82) is 0 Å². The number of nitrogens with zero attached hydrogens (tertiary/aromatic N) is 1. The Labute approximate surface area is 115 Å². The van der Waals surface area contributed by atoms with Gasteiger partial charge in [0.1, 0.15) is 15.9 Å². The van der Waals surface area contributed by atoms with Gasteiger partial charge in [0.05, 0.1) is 12.3 Å². The van der Waals surface area contributed by atoms with Crippen LogP contribution in [-0.2, 0) is 16.1 Å². The number of ether oxygens (including phenoxy) is 1. The zero-order valence-corrected chi connectivity index (χ0v) is 12.2. The van der Waals surface area contributed by atoms with Gasteiger partial charge in [-0.05, 0) is 12.8 Å². The largest absolute Gasteiger partial charge is 0.480 e. The van der Waals surface area contributed by atoms with Crippen molar-refractivity contribution >= 4 is 23.2 Å². The Morgan fingerprint density at radius 1 is 1.47 bits per heavy atom. The Morgan fingerprint density at radius 3 is 2.58 bits per heavy atom. The number of methoxy groups -OCH3 is 1. The van der Waals surface area contributed by atoms with Gasteiger partial charge in [0.25, 0.3) is 5.91 Å². The first-order valence-electron chi connectivity index (χ1n) is 5.85. The molecule has 0 spiro atoms. The van der Waals surface area contributed by atoms with Crippen LogP contribution in [0.1, 0.15) is 34.2 Å². The van der Waals surface area contributed by atoms with Gasteiger partial charge in [0.15, 0.2) is 0 Å². The molecule has 0 radical (unpaired) electrons. The number of rotatable bonds is 6. The highest BCUT2D eigenvalue weighted by Gasteiger charge is 2.25. The van der Waals surface area contributed by atoms with Crippen LogP contribution in [0.5, 0.6) is 0 Å². The summed E-state index contributed by atoms with van der Waals surface area (Å²) in [7, 11) is 1.55. The fourth-order valence-electron chi connectivity index (χ4n) is 1.57. The molecule has 0 bridgehead atoms. The van der Waals surface area contributed by atoms with Gasteiger partial charge in [-0.25, -0.2) is 9.78 Å². The number of aryl methyl sites for hydroxylation is 1. The highest BCUT2D eigenvalue weighted by molar-refractivity contribution is 7.13. The van der Waals surface area contributed by atoms with Crippen LogP contribution in [0, 0.1) is 12.8 Å². The van der Waals surface area contributed by atoms with Crippen LogP contribution in [0.15, 0.2) is 0 Å². The van der Waals surface area contributed by atoms with Crippen molar-refractivity contribution in [2.75, 3.05) is 7.11 Å². The van der Waals surface area contributed by atoms with E-state index in [-0.39, 0.29) is 5.92 Å². The number of hydrogen-bond acceptors (Lipinski definition) is 5. The molecule has 0 aliphatic carbocycles. The fourth-order valence-corrected chi connectivity index (χ4v) is 2.51. The average molecular weight is 286 g/mol. The highest BCUT2D eigenvalue weighted by atomic mass is 32.1. The van der Waals surface area contributed by atoms with E-state index in [2.05, 4.69) is 10.3 Å². The van der Waals surface area contributed by atoms with Gasteiger partial charge in [0.2, 0.25) is 0 Å². The topological polar surface area (TPSA) is 88.5 Å². The summed E-state index contributed by atoms with van der Waals surface area (Å²) in [4.78, 5) is 27.7. The molecule has 0 aromatic carbocycles. The van der Waals surface area contributed by atoms with Crippen molar-refractivity contribution in [3.63, 3.8) is 0 Å². The zero-order chi connectivity index (χ0) is 14.6. The smallest absolute Gasteiger partial charge is 0.326 e. The lowest BCUT2D eigenvalue weighted by molar-refractivity contribution is -0.140. The van der Waals surface area contributed by atoms with Crippen molar-refractivity contribution in [3.8, 4) is 0 Å². The third-order valence-corrected chi connectivity index (χ3v) is 3.66. The minimum atomic E-state index is -1.04. The van der Waals surface area contributed by atoms with Crippen molar-refractivity contribution in [2.24, 2.45) is 5.92 Å². The Balaban J connectivity index is 2.85. The van der Waals surface area contributed by atoms with E-state index in [1.54, 1.807) is 27.9 Å². The number of carbonyl (C=O) groups excluding carboxylic acids is 1. The summed E-state index contributed by atoms with van der Waals surface area (Å²) < 4.78 is 4.96. The van der Waals surface area contributed by atoms with E-state index in [9.17, 15) is 9.59 Å². The van der Waals surface area contributed by atoms with Crippen molar-refractivity contribution in [1.82, 2.24) is 10.3 Å². The predicted octanol–water partition coefficient (Wildman–Crippen LogP) is 1.44. The second kappa shape index (κ2) is 6.63. The molecular weight excluding hydrogens is 268 g/mol. The zero-order valence-electron chi connectivity index (χ0n) is 11.4. The Bertz CT molecular complexity index is 470. The summed E-state index contributed by atoms with van der Waals surface area (Å²) in [6.07, 6.45) is 0. The van der Waals surface area contributed by atoms with Gasteiger partial charge in [-0.1, -0.05) is 13.8 Å². The van der Waals surface area contributed by atoms with Crippen molar-refractivity contribution < 1.29 is 19.4 Å². The lowest BCUT2D eigenvalue weighted by atomic mass is 10.0. The van der Waals surface area contributed by atoms with Gasteiger partial charge in [0, 0.05) is 7.11 Å². The minimum Gasteiger partial charge on any atom is -0.480 e. The molecule has 0 aliphatic heterocycles. The molecule has 1 rings (SSSR count). The van der Waals surface area contributed by atoms with Gasteiger partial charge >= 0.3 is 5.97 Å². The Morgan fingerprint density at radius 2 is 2.11 bits per heavy atom. The predicted molar refractivity (Wildman–Crippen MR) is 71.3 cm³/mol. The number of aliphatic carboxylic acids is 1. The number of hydrogen-bond donors (Lipinski definition) is 2. The molecule has 7 heteroatoms. The summed E-state index contributed by atoms with van der Waals surface area (Å²) in [6.45, 7) is 5.55. The van der Waals surface area contributed by atoms with E-state index in [4.69, 9.17) is 9.84 Å². The van der Waals surface area contributed by atoms with Gasteiger partial charge in [-0.2, -0.15) is 0 Å². The Kier molecular flexibility index (Phi) is 5.44. The number of carboxylic acids is 1. The molecule has 1 aromatic rings. The SMILES string of the molecule is COCc1nc(C)c(C(=O)NC(C(=O)O)C(C)C)s1. The first-order valence-corrected chi connectivity index (χ1v) is 6.67. The van der Waals surface area contributed by atoms with Gasteiger partial charge in [-0.3, -0.25) is 4.79 Å². The minimum absolute atomic E-state index is 0.187. The van der Waals surface area contributed by atoms with Gasteiger partial charge < -0.3 is 15.2 Å². The van der Waals surface area contributed by atoms with E-state index in [1.807, 2.05) is 0 Å². The third-order valence-electron chi connectivity index (χ3n) is 2.53. The number of carbonyl (C=O) groups is 2. The lowest BCUT2D eigenvalue weighted by Crippen LogP contribution is -2.44. The van der Waals surface area contributed by atoms with E-state index >= 15 is 0 Å². The first-order chi connectivity index (χ1) is 8.86. The molecule has 2 N–H and O–H groups in total. The molecule has 0 fully saturated rings. The lowest BCUT2D eigenvalue weighted by Gasteiger charge is -2.17. The van der Waals surface area contributed by atoms with Crippen LogP contribution < -0.4 is 5.32 Å². The van der Waals surface area contributed by atoms with Crippen LogP contribution >= 0.6 is 11.3 Å². The highest BCUT2D eigenvalue weighted by Crippen LogP contribution is 2.19. The number of carboxylic acid groups (broad SMARTS) is 1. The second-order valence-electron chi connectivity index (χ2n) is 4.49. The number of thiazole rings is 1. The number of amides is 1. The van der Waals surface area contributed by atoms with Crippen LogP contribution in [0.2, 0.25) is 0 Å². The second-order valence-corrected chi connectivity index (χ2v) is 5.57. The summed E-state index contributed by atoms with van der Waals surface area (Å²) in [5.41, 5.74) is 0.586. The molecule has 19 heavy (non-hydrogen) atoms. The Hall–Kier alpha value is -1.47. The van der Waals surface area contributed by atoms with Gasteiger partial charge in [-0.15, -0.1) is 11.3 Å². The van der Waals surface area contributed by atoms with Crippen LogP contribution in [0.3, 0.4) is 0 Å². The summed E-state index contributed by atoms with van der Waals surface area (Å²) in [5, 5.41) is 12.3. The van der Waals surface area contributed by atoms with Crippen LogP contribution in [-0.4, -0.2) is 35.1 Å². The maximum atomic E-state index is 12.1. The number of aromatic nitrogens is 1. The van der Waals surface area contributed by atoms with E-state index in [0.29, 0.717) is 22.2 Å². The molecule has 0 saturated heterocycles. The van der Waals surface area contributed by atoms with E-state index in [1.165, 1.54) is 11.3 Å². The summed E-state index contributed by atoms with van der Waals surface area (Å²) >= 11 is 1.22. The van der Waals surface area contributed by atoms with Crippen molar-refractivity contribution in [3.05, 3.63) is 15.6 Å². The maximum Gasteiger partial charge on any atom is 0.326 e. The normalized spacial score (nSPS) is 12.5. The summed E-state index contributed by atoms with van der Waals surface area (Å²) in [5.74, 6) is -1.63. The molecule has 6 nitrogen and oxygen atoms in total. The van der Waals surface area contributed by atoms with E-state index in [0.717, 1.165) is 0 Å². The quantitative estimate of drug-likeness (QED) is 0.826. The third kappa shape index (κ3) is 4.00. The standard InChI is InChI=1S/C12H18N2O4S/c1-6(2)9(12(16)17)14-11(15)10-7(3)13-8(19-10)5-18-4/h6,9H,5H2,1-4H3,(H,14,15)(H,16,17). The molecule has 0 saturated carbocycles. The molecule has 106 valence electrons. The molecule has 1 heterocycles. The molecule has 0 aliphatic rings. The molecule has 1 unspecified atom stereocenters. The monoisotopic (exact) mass is 286 g/mol. The molecule has 1 aromatic heterocycles. The fraction of sp³-hybridized carbons (Fsp3) is 0.583. The molecular formula is C12H18N2O4S. The van der Waals surface area contributed by atoms with Crippen LogP contribution in [0.4, 0.5) is 0 Å².